The average molecular weight is 269 g/mol. The van der Waals surface area contributed by atoms with Crippen molar-refractivity contribution in [2.24, 2.45) is 0 Å². The first kappa shape index (κ1) is 9.68. The number of nitrogens with zero attached hydrogens (tertiary/aromatic N) is 1. The lowest BCUT2D eigenvalue weighted by molar-refractivity contribution is 1.27. The largest absolute Gasteiger partial charge is 0.389 e. The Kier molecular flexibility index (Phi) is 2.56. The van der Waals surface area contributed by atoms with Crippen molar-refractivity contribution in [3.63, 3.8) is 0 Å². The van der Waals surface area contributed by atoms with Crippen molar-refractivity contribution >= 4 is 32.3 Å². The monoisotopic (exact) mass is 268 g/mol. The molecular weight excluding hydrogens is 260 g/mol. The molecule has 0 amide bonds. The highest BCUT2D eigenvalue weighted by molar-refractivity contribution is 9.10. The fourth-order valence-corrected chi connectivity index (χ4v) is 2.63. The minimum Gasteiger partial charge on any atom is -0.389 e. The van der Waals surface area contributed by atoms with Crippen molar-refractivity contribution in [3.05, 3.63) is 34.4 Å². The Morgan fingerprint density at radius 1 is 1.36 bits per heavy atom. The number of hydrogen-bond acceptors (Lipinski definition) is 3. The molecule has 0 atom stereocenters. The number of benzene rings is 1. The van der Waals surface area contributed by atoms with Gasteiger partial charge in [-0.25, -0.2) is 4.98 Å². The molecule has 1 aromatic heterocycles. The molecule has 2 N–H and O–H groups in total. The minimum atomic E-state index is 0.788. The highest BCUT2D eigenvalue weighted by Gasteiger charge is 2.08. The molecule has 2 aromatic rings. The van der Waals surface area contributed by atoms with Gasteiger partial charge in [-0.05, 0) is 13.0 Å². The van der Waals surface area contributed by atoms with Gasteiger partial charge in [0.2, 0.25) is 0 Å². The van der Waals surface area contributed by atoms with Gasteiger partial charge in [0, 0.05) is 10.0 Å². The quantitative estimate of drug-likeness (QED) is 0.861. The Bertz CT molecular complexity index is 445. The van der Waals surface area contributed by atoms with Gasteiger partial charge in [0.05, 0.1) is 5.69 Å². The second-order valence-corrected chi connectivity index (χ2v) is 4.83. The number of anilines is 1. The van der Waals surface area contributed by atoms with E-state index in [0.29, 0.717) is 0 Å². The third-order valence-electron chi connectivity index (χ3n) is 1.94. The summed E-state index contributed by atoms with van der Waals surface area (Å²) >= 11 is 5.01. The molecule has 1 aromatic carbocycles. The van der Waals surface area contributed by atoms with Gasteiger partial charge in [-0.1, -0.05) is 45.5 Å². The summed E-state index contributed by atoms with van der Waals surface area (Å²) in [7, 11) is 0. The summed E-state index contributed by atoms with van der Waals surface area (Å²) < 4.78 is 1.05. The highest BCUT2D eigenvalue weighted by Crippen LogP contribution is 2.33. The molecule has 72 valence electrons. The molecule has 0 saturated carbocycles. The molecule has 0 saturated heterocycles. The van der Waals surface area contributed by atoms with E-state index in [1.807, 2.05) is 31.2 Å². The summed E-state index contributed by atoms with van der Waals surface area (Å²) in [6.45, 7) is 1.92. The topological polar surface area (TPSA) is 38.9 Å². The Morgan fingerprint density at radius 2 is 2.07 bits per heavy atom. The summed E-state index contributed by atoms with van der Waals surface area (Å²) in [4.78, 5) is 4.40. The molecule has 0 aliphatic heterocycles. The number of aryl methyl sites for hydroxylation is 1. The van der Waals surface area contributed by atoms with Crippen molar-refractivity contribution in [1.29, 1.82) is 0 Å². The molecule has 0 aliphatic carbocycles. The molecule has 0 aliphatic rings. The molecule has 0 unspecified atom stereocenters. The summed E-state index contributed by atoms with van der Waals surface area (Å²) in [6, 6.07) is 8.01. The van der Waals surface area contributed by atoms with Crippen LogP contribution in [-0.2, 0) is 0 Å². The van der Waals surface area contributed by atoms with Crippen LogP contribution in [0.4, 0.5) is 5.00 Å². The first-order valence-corrected chi connectivity index (χ1v) is 5.77. The number of hydrogen-bond donors (Lipinski definition) is 1. The molecule has 14 heavy (non-hydrogen) atoms. The summed E-state index contributed by atoms with van der Waals surface area (Å²) in [5.74, 6) is 0. The van der Waals surface area contributed by atoms with Crippen molar-refractivity contribution in [2.75, 3.05) is 5.73 Å². The molecule has 2 rings (SSSR count). The Labute approximate surface area is 94.9 Å². The molecule has 0 radical (unpaired) electrons. The molecule has 0 spiro atoms. The van der Waals surface area contributed by atoms with Gasteiger partial charge in [0.1, 0.15) is 10.0 Å². The van der Waals surface area contributed by atoms with Crippen LogP contribution in [-0.4, -0.2) is 4.98 Å². The molecular formula is C10H9BrN2S. The number of nitrogens with two attached hydrogens (primary N) is 1. The number of aromatic nitrogens is 1. The number of halogens is 1. The predicted molar refractivity (Wildman–Crippen MR) is 64.4 cm³/mol. The van der Waals surface area contributed by atoms with Gasteiger partial charge in [-0.2, -0.15) is 0 Å². The van der Waals surface area contributed by atoms with E-state index in [1.165, 1.54) is 11.3 Å². The minimum absolute atomic E-state index is 0.788. The Hall–Kier alpha value is -0.870. The number of rotatable bonds is 1. The van der Waals surface area contributed by atoms with Crippen LogP contribution in [0.25, 0.3) is 10.6 Å². The van der Waals surface area contributed by atoms with Crippen LogP contribution >= 0.6 is 27.3 Å². The number of thiazole rings is 1. The average Bonchev–Trinajstić information content (AvgIpc) is 2.48. The van der Waals surface area contributed by atoms with E-state index in [9.17, 15) is 0 Å². The normalized spacial score (nSPS) is 10.4. The lowest BCUT2D eigenvalue weighted by Crippen LogP contribution is -1.81. The summed E-state index contributed by atoms with van der Waals surface area (Å²) in [5, 5.41) is 1.75. The SMILES string of the molecule is Cc1nc(-c2ccccc2Br)sc1N. The molecule has 2 nitrogen and oxygen atoms in total. The smallest absolute Gasteiger partial charge is 0.126 e. The van der Waals surface area contributed by atoms with E-state index >= 15 is 0 Å². The van der Waals surface area contributed by atoms with Crippen LogP contribution in [0.15, 0.2) is 28.7 Å². The van der Waals surface area contributed by atoms with Gasteiger partial charge >= 0.3 is 0 Å². The van der Waals surface area contributed by atoms with Crippen molar-refractivity contribution in [3.8, 4) is 10.6 Å². The first-order chi connectivity index (χ1) is 6.68. The Balaban J connectivity index is 2.55. The van der Waals surface area contributed by atoms with Crippen LogP contribution in [0.2, 0.25) is 0 Å². The maximum Gasteiger partial charge on any atom is 0.126 e. The third-order valence-corrected chi connectivity index (χ3v) is 3.65. The van der Waals surface area contributed by atoms with E-state index in [0.717, 1.165) is 25.7 Å². The molecule has 0 fully saturated rings. The fourth-order valence-electron chi connectivity index (χ4n) is 1.16. The summed E-state index contributed by atoms with van der Waals surface area (Å²) in [6.07, 6.45) is 0. The van der Waals surface area contributed by atoms with Gasteiger partial charge < -0.3 is 5.73 Å². The molecule has 0 bridgehead atoms. The second kappa shape index (κ2) is 3.71. The van der Waals surface area contributed by atoms with Gasteiger partial charge in [0.15, 0.2) is 0 Å². The van der Waals surface area contributed by atoms with Crippen LogP contribution in [0.3, 0.4) is 0 Å². The maximum atomic E-state index is 5.77. The van der Waals surface area contributed by atoms with Crippen molar-refractivity contribution in [2.45, 2.75) is 6.92 Å². The van der Waals surface area contributed by atoms with Crippen molar-refractivity contribution in [1.82, 2.24) is 4.98 Å². The van der Waals surface area contributed by atoms with Gasteiger partial charge in [-0.15, -0.1) is 0 Å². The zero-order valence-corrected chi connectivity index (χ0v) is 10.0. The van der Waals surface area contributed by atoms with E-state index in [4.69, 9.17) is 5.73 Å². The summed E-state index contributed by atoms with van der Waals surface area (Å²) in [5.41, 5.74) is 7.77. The van der Waals surface area contributed by atoms with E-state index < -0.39 is 0 Å². The predicted octanol–water partition coefficient (Wildman–Crippen LogP) is 3.46. The van der Waals surface area contributed by atoms with Crippen LogP contribution in [0.1, 0.15) is 5.69 Å². The molecule has 1 heterocycles. The van der Waals surface area contributed by atoms with E-state index in [2.05, 4.69) is 20.9 Å². The van der Waals surface area contributed by atoms with Gasteiger partial charge in [-0.3, -0.25) is 0 Å². The molecule has 4 heteroatoms. The fraction of sp³-hybridized carbons (Fsp3) is 0.100. The van der Waals surface area contributed by atoms with E-state index in [-0.39, 0.29) is 0 Å². The van der Waals surface area contributed by atoms with E-state index in [1.54, 1.807) is 0 Å². The zero-order valence-electron chi connectivity index (χ0n) is 7.62. The van der Waals surface area contributed by atoms with Gasteiger partial charge in [0.25, 0.3) is 0 Å². The lowest BCUT2D eigenvalue weighted by atomic mass is 10.2. The number of nitrogen functional groups attached to an aromatic ring is 1. The Morgan fingerprint density at radius 3 is 2.64 bits per heavy atom. The van der Waals surface area contributed by atoms with Crippen LogP contribution in [0, 0.1) is 6.92 Å². The maximum absolute atomic E-state index is 5.77. The second-order valence-electron chi connectivity index (χ2n) is 2.95. The van der Waals surface area contributed by atoms with Crippen LogP contribution < -0.4 is 5.73 Å². The highest BCUT2D eigenvalue weighted by atomic mass is 79.9. The first-order valence-electron chi connectivity index (χ1n) is 4.16. The lowest BCUT2D eigenvalue weighted by Gasteiger charge is -1.98. The van der Waals surface area contributed by atoms with Crippen molar-refractivity contribution < 1.29 is 0 Å². The third kappa shape index (κ3) is 1.67. The standard InChI is InChI=1S/C10H9BrN2S/c1-6-9(12)14-10(13-6)7-4-2-3-5-8(7)11/h2-5H,12H2,1H3. The van der Waals surface area contributed by atoms with Crippen LogP contribution in [0.5, 0.6) is 0 Å². The zero-order chi connectivity index (χ0) is 10.1.